The summed E-state index contributed by atoms with van der Waals surface area (Å²) >= 11 is 0. The predicted molar refractivity (Wildman–Crippen MR) is 77.4 cm³/mol. The minimum absolute atomic E-state index is 0.0833. The van der Waals surface area contributed by atoms with Crippen molar-refractivity contribution in [2.75, 3.05) is 19.8 Å². The van der Waals surface area contributed by atoms with Gasteiger partial charge < -0.3 is 14.9 Å². The summed E-state index contributed by atoms with van der Waals surface area (Å²) in [6.07, 6.45) is 0.598. The molecule has 3 heteroatoms. The van der Waals surface area contributed by atoms with Crippen LogP contribution in [0.2, 0.25) is 0 Å². The van der Waals surface area contributed by atoms with Crippen LogP contribution in [0, 0.1) is 6.92 Å². The van der Waals surface area contributed by atoms with Gasteiger partial charge in [-0.1, -0.05) is 29.8 Å². The van der Waals surface area contributed by atoms with E-state index in [2.05, 4.69) is 0 Å². The van der Waals surface area contributed by atoms with E-state index in [0.29, 0.717) is 13.0 Å². The first-order valence-electron chi connectivity index (χ1n) is 6.76. The highest BCUT2D eigenvalue weighted by molar-refractivity contribution is 5.29. The molecule has 2 N–H and O–H groups in total. The lowest BCUT2D eigenvalue weighted by atomic mass is 9.79. The molecule has 0 aromatic heterocycles. The maximum atomic E-state index is 9.71. The highest BCUT2D eigenvalue weighted by Crippen LogP contribution is 2.28. The Balaban J connectivity index is 2.82. The van der Waals surface area contributed by atoms with Crippen molar-refractivity contribution in [1.29, 1.82) is 0 Å². The van der Waals surface area contributed by atoms with Gasteiger partial charge >= 0.3 is 0 Å². The molecule has 0 bridgehead atoms. The molecule has 1 aromatic carbocycles. The smallest absolute Gasteiger partial charge is 0.0598 e. The van der Waals surface area contributed by atoms with Crippen molar-refractivity contribution in [2.45, 2.75) is 45.1 Å². The van der Waals surface area contributed by atoms with Gasteiger partial charge in [0.15, 0.2) is 0 Å². The van der Waals surface area contributed by atoms with Gasteiger partial charge in [0, 0.05) is 12.0 Å². The molecule has 1 rings (SSSR count). The van der Waals surface area contributed by atoms with Crippen molar-refractivity contribution in [3.63, 3.8) is 0 Å². The number of hydrogen-bond donors (Lipinski definition) is 2. The first kappa shape index (κ1) is 16.2. The van der Waals surface area contributed by atoms with Gasteiger partial charge in [-0.25, -0.2) is 0 Å². The Kier molecular flexibility index (Phi) is 5.53. The summed E-state index contributed by atoms with van der Waals surface area (Å²) in [5.41, 5.74) is 1.29. The molecule has 0 aliphatic rings. The molecule has 1 aromatic rings. The Bertz CT molecular complexity index is 372. The molecule has 0 radical (unpaired) electrons. The molecule has 0 atom stereocenters. The van der Waals surface area contributed by atoms with Crippen LogP contribution in [-0.2, 0) is 10.2 Å². The molecular formula is C16H26O3. The fourth-order valence-corrected chi connectivity index (χ4v) is 1.99. The standard InChI is InChI=1S/C16H26O3/c1-13-5-7-14(8-6-13)16(11-17,12-18)9-10-19-15(2,3)4/h5-8,17-18H,9-12H2,1-4H3. The number of benzene rings is 1. The molecule has 19 heavy (non-hydrogen) atoms. The van der Waals surface area contributed by atoms with E-state index in [0.717, 1.165) is 5.56 Å². The van der Waals surface area contributed by atoms with Crippen molar-refractivity contribution in [3.8, 4) is 0 Å². The van der Waals surface area contributed by atoms with Gasteiger partial charge in [0.1, 0.15) is 0 Å². The zero-order valence-electron chi connectivity index (χ0n) is 12.4. The van der Waals surface area contributed by atoms with Crippen molar-refractivity contribution in [3.05, 3.63) is 35.4 Å². The summed E-state index contributed by atoms with van der Waals surface area (Å²) in [6, 6.07) is 7.94. The van der Waals surface area contributed by atoms with Gasteiger partial charge in [-0.15, -0.1) is 0 Å². The lowest BCUT2D eigenvalue weighted by Crippen LogP contribution is -2.37. The van der Waals surface area contributed by atoms with Gasteiger partial charge in [-0.3, -0.25) is 0 Å². The van der Waals surface area contributed by atoms with Crippen LogP contribution >= 0.6 is 0 Å². The average molecular weight is 266 g/mol. The highest BCUT2D eigenvalue weighted by Gasteiger charge is 2.31. The van der Waals surface area contributed by atoms with Crippen LogP contribution in [0.3, 0.4) is 0 Å². The topological polar surface area (TPSA) is 49.7 Å². The van der Waals surface area contributed by atoms with E-state index in [1.807, 2.05) is 52.0 Å². The van der Waals surface area contributed by atoms with Gasteiger partial charge in [-0.05, 0) is 39.7 Å². The Labute approximate surface area is 116 Å². The maximum absolute atomic E-state index is 9.71. The summed E-state index contributed by atoms with van der Waals surface area (Å²) in [5.74, 6) is 0. The van der Waals surface area contributed by atoms with Gasteiger partial charge in [-0.2, -0.15) is 0 Å². The average Bonchev–Trinajstić information content (AvgIpc) is 2.35. The van der Waals surface area contributed by atoms with Crippen LogP contribution in [0.25, 0.3) is 0 Å². The van der Waals surface area contributed by atoms with E-state index in [-0.39, 0.29) is 18.8 Å². The van der Waals surface area contributed by atoms with Gasteiger partial charge in [0.05, 0.1) is 18.8 Å². The second-order valence-corrected chi connectivity index (χ2v) is 6.17. The third-order valence-electron chi connectivity index (χ3n) is 3.38. The maximum Gasteiger partial charge on any atom is 0.0598 e. The quantitative estimate of drug-likeness (QED) is 0.831. The first-order chi connectivity index (χ1) is 8.83. The molecule has 0 amide bonds. The number of aliphatic hydroxyl groups is 2. The molecule has 0 saturated heterocycles. The monoisotopic (exact) mass is 266 g/mol. The van der Waals surface area contributed by atoms with E-state index in [1.54, 1.807) is 0 Å². The Hall–Kier alpha value is -0.900. The summed E-state index contributed by atoms with van der Waals surface area (Å²) in [4.78, 5) is 0. The Morgan fingerprint density at radius 2 is 1.53 bits per heavy atom. The zero-order chi connectivity index (χ0) is 14.5. The molecule has 0 saturated carbocycles. The van der Waals surface area contributed by atoms with E-state index >= 15 is 0 Å². The van der Waals surface area contributed by atoms with Crippen LogP contribution in [0.4, 0.5) is 0 Å². The molecule has 0 spiro atoms. The lowest BCUT2D eigenvalue weighted by molar-refractivity contribution is -0.0218. The van der Waals surface area contributed by atoms with E-state index < -0.39 is 5.41 Å². The molecule has 0 heterocycles. The van der Waals surface area contributed by atoms with Crippen molar-refractivity contribution >= 4 is 0 Å². The van der Waals surface area contributed by atoms with Crippen molar-refractivity contribution < 1.29 is 14.9 Å². The van der Waals surface area contributed by atoms with Crippen LogP contribution < -0.4 is 0 Å². The van der Waals surface area contributed by atoms with E-state index in [9.17, 15) is 10.2 Å². The first-order valence-corrected chi connectivity index (χ1v) is 6.76. The van der Waals surface area contributed by atoms with Crippen LogP contribution in [0.5, 0.6) is 0 Å². The second-order valence-electron chi connectivity index (χ2n) is 6.17. The normalized spacial score (nSPS) is 12.7. The van der Waals surface area contributed by atoms with Crippen molar-refractivity contribution in [2.24, 2.45) is 0 Å². The minimum Gasteiger partial charge on any atom is -0.395 e. The molecule has 3 nitrogen and oxygen atoms in total. The Morgan fingerprint density at radius 1 is 1.00 bits per heavy atom. The lowest BCUT2D eigenvalue weighted by Gasteiger charge is -2.32. The second kappa shape index (κ2) is 6.51. The SMILES string of the molecule is Cc1ccc(C(CO)(CO)CCOC(C)(C)C)cc1. The summed E-state index contributed by atoms with van der Waals surface area (Å²) in [5, 5.41) is 19.4. The predicted octanol–water partition coefficient (Wildman–Crippen LogP) is 2.42. The van der Waals surface area contributed by atoms with Gasteiger partial charge in [0.2, 0.25) is 0 Å². The van der Waals surface area contributed by atoms with Gasteiger partial charge in [0.25, 0.3) is 0 Å². The number of ether oxygens (including phenoxy) is 1. The highest BCUT2D eigenvalue weighted by atomic mass is 16.5. The summed E-state index contributed by atoms with van der Waals surface area (Å²) < 4.78 is 5.71. The number of hydrogen-bond acceptors (Lipinski definition) is 3. The largest absolute Gasteiger partial charge is 0.395 e. The molecule has 0 fully saturated rings. The van der Waals surface area contributed by atoms with Crippen LogP contribution in [0.15, 0.2) is 24.3 Å². The van der Waals surface area contributed by atoms with Crippen LogP contribution in [0.1, 0.15) is 38.3 Å². The van der Waals surface area contributed by atoms with E-state index in [1.165, 1.54) is 5.56 Å². The van der Waals surface area contributed by atoms with Crippen molar-refractivity contribution in [1.82, 2.24) is 0 Å². The third kappa shape index (κ3) is 4.60. The fourth-order valence-electron chi connectivity index (χ4n) is 1.99. The third-order valence-corrected chi connectivity index (χ3v) is 3.38. The molecule has 0 aliphatic carbocycles. The van der Waals surface area contributed by atoms with E-state index in [4.69, 9.17) is 4.74 Å². The number of aryl methyl sites for hydroxylation is 1. The number of aliphatic hydroxyl groups excluding tert-OH is 2. The molecule has 0 unspecified atom stereocenters. The molecule has 108 valence electrons. The fraction of sp³-hybridized carbons (Fsp3) is 0.625. The zero-order valence-corrected chi connectivity index (χ0v) is 12.4. The van der Waals surface area contributed by atoms with Crippen LogP contribution in [-0.4, -0.2) is 35.6 Å². The minimum atomic E-state index is -0.626. The molecular weight excluding hydrogens is 240 g/mol. The summed E-state index contributed by atoms with van der Waals surface area (Å²) in [7, 11) is 0. The summed E-state index contributed by atoms with van der Waals surface area (Å²) in [6.45, 7) is 8.36. The Morgan fingerprint density at radius 3 is 1.95 bits per heavy atom. The number of rotatable bonds is 6. The molecule has 0 aliphatic heterocycles.